The zero-order valence-corrected chi connectivity index (χ0v) is 15.5. The summed E-state index contributed by atoms with van der Waals surface area (Å²) in [5.41, 5.74) is 6.86. The highest BCUT2D eigenvalue weighted by molar-refractivity contribution is 7.91. The van der Waals surface area contributed by atoms with Gasteiger partial charge >= 0.3 is 0 Å². The number of sulfone groups is 1. The zero-order valence-electron chi connectivity index (χ0n) is 13.8. The van der Waals surface area contributed by atoms with E-state index >= 15 is 0 Å². The smallest absolute Gasteiger partial charge is 0.243 e. The van der Waals surface area contributed by atoms with E-state index in [1.807, 2.05) is 0 Å². The van der Waals surface area contributed by atoms with E-state index in [2.05, 4.69) is 5.32 Å². The molecule has 0 spiro atoms. The third kappa shape index (κ3) is 6.47. The van der Waals surface area contributed by atoms with Crippen molar-refractivity contribution in [3.8, 4) is 0 Å². The van der Waals surface area contributed by atoms with Gasteiger partial charge in [-0.05, 0) is 38.5 Å². The predicted octanol–water partition coefficient (Wildman–Crippen LogP) is 1.73. The van der Waals surface area contributed by atoms with Gasteiger partial charge in [0, 0.05) is 12.8 Å². The summed E-state index contributed by atoms with van der Waals surface area (Å²) in [6, 6.07) is 5.93. The van der Waals surface area contributed by atoms with Crippen molar-refractivity contribution in [2.24, 2.45) is 5.73 Å². The fourth-order valence-electron chi connectivity index (χ4n) is 1.61. The van der Waals surface area contributed by atoms with E-state index in [0.29, 0.717) is 11.3 Å². The molecule has 0 aliphatic carbocycles. The molecule has 1 unspecified atom stereocenters. The molecule has 0 aromatic heterocycles. The van der Waals surface area contributed by atoms with Crippen molar-refractivity contribution in [2.45, 2.75) is 37.3 Å². The van der Waals surface area contributed by atoms with Crippen molar-refractivity contribution in [3.63, 3.8) is 0 Å². The van der Waals surface area contributed by atoms with Gasteiger partial charge in [-0.15, -0.1) is 12.4 Å². The molecule has 1 aromatic rings. The Morgan fingerprint density at radius 1 is 1.26 bits per heavy atom. The quantitative estimate of drug-likeness (QED) is 0.801. The van der Waals surface area contributed by atoms with E-state index in [9.17, 15) is 13.2 Å². The Morgan fingerprint density at radius 2 is 1.78 bits per heavy atom. The summed E-state index contributed by atoms with van der Waals surface area (Å²) in [4.78, 5) is 11.7. The topological polar surface area (TPSA) is 98.5 Å². The first-order valence-electron chi connectivity index (χ1n) is 6.93. The molecule has 6 nitrogen and oxygen atoms in total. The van der Waals surface area contributed by atoms with Crippen LogP contribution in [0.25, 0.3) is 0 Å². The predicted molar refractivity (Wildman–Crippen MR) is 94.5 cm³/mol. The molecule has 132 valence electrons. The first kappa shape index (κ1) is 21.9. The van der Waals surface area contributed by atoms with E-state index < -0.39 is 20.6 Å². The summed E-state index contributed by atoms with van der Waals surface area (Å²) in [5.74, 6) is -0.384. The zero-order chi connectivity index (χ0) is 17.0. The second kappa shape index (κ2) is 8.63. The Morgan fingerprint density at radius 3 is 2.22 bits per heavy atom. The Kier molecular flexibility index (Phi) is 8.20. The molecule has 3 N–H and O–H groups in total. The van der Waals surface area contributed by atoms with E-state index in [1.165, 1.54) is 7.11 Å². The van der Waals surface area contributed by atoms with E-state index in [0.717, 1.165) is 0 Å². The molecule has 1 atom stereocenters. The van der Waals surface area contributed by atoms with Crippen molar-refractivity contribution in [3.05, 3.63) is 29.8 Å². The molecule has 0 aliphatic heterocycles. The van der Waals surface area contributed by atoms with Crippen molar-refractivity contribution in [1.82, 2.24) is 0 Å². The number of carbonyl (C=O) groups excluding carboxylic acids is 1. The van der Waals surface area contributed by atoms with Crippen molar-refractivity contribution < 1.29 is 17.9 Å². The van der Waals surface area contributed by atoms with Gasteiger partial charge in [-0.3, -0.25) is 4.79 Å². The number of hydrogen-bond donors (Lipinski definition) is 2. The minimum atomic E-state index is -3.23. The number of nitrogens with one attached hydrogen (secondary N) is 1. The highest BCUT2D eigenvalue weighted by atomic mass is 35.5. The van der Waals surface area contributed by atoms with Gasteiger partial charge in [0.15, 0.2) is 9.84 Å². The summed E-state index contributed by atoms with van der Waals surface area (Å²) in [6.45, 7) is 5.16. The maximum absolute atomic E-state index is 12.1. The lowest BCUT2D eigenvalue weighted by Crippen LogP contribution is -2.39. The van der Waals surface area contributed by atoms with Crippen LogP contribution < -0.4 is 11.1 Å². The van der Waals surface area contributed by atoms with Gasteiger partial charge in [0.25, 0.3) is 0 Å². The highest BCUT2D eigenvalue weighted by Gasteiger charge is 2.28. The van der Waals surface area contributed by atoms with E-state index in [1.54, 1.807) is 45.0 Å². The summed E-state index contributed by atoms with van der Waals surface area (Å²) < 4.78 is 28.3. The molecule has 8 heteroatoms. The number of halogens is 1. The van der Waals surface area contributed by atoms with Crippen molar-refractivity contribution >= 4 is 33.8 Å². The Labute approximate surface area is 144 Å². The molecule has 1 amide bonds. The maximum Gasteiger partial charge on any atom is 0.243 e. The SMILES string of the molecule is COCC(N)C(=O)Nc1ccc(CS(=O)(=O)C(C)(C)C)cc1.Cl. The monoisotopic (exact) mass is 364 g/mol. The number of rotatable bonds is 6. The van der Waals surface area contributed by atoms with Gasteiger partial charge in [-0.25, -0.2) is 8.42 Å². The molecule has 0 radical (unpaired) electrons. The third-order valence-electron chi connectivity index (χ3n) is 3.19. The lowest BCUT2D eigenvalue weighted by atomic mass is 10.2. The Bertz CT molecular complexity index is 609. The van der Waals surface area contributed by atoms with Crippen LogP contribution in [0.1, 0.15) is 26.3 Å². The van der Waals surface area contributed by atoms with Crippen LogP contribution >= 0.6 is 12.4 Å². The van der Waals surface area contributed by atoms with Gasteiger partial charge < -0.3 is 15.8 Å². The summed E-state index contributed by atoms with van der Waals surface area (Å²) in [7, 11) is -1.76. The number of hydrogen-bond acceptors (Lipinski definition) is 5. The van der Waals surface area contributed by atoms with E-state index in [4.69, 9.17) is 10.5 Å². The van der Waals surface area contributed by atoms with Gasteiger partial charge in [-0.1, -0.05) is 12.1 Å². The van der Waals surface area contributed by atoms with Crippen molar-refractivity contribution in [2.75, 3.05) is 19.0 Å². The number of benzene rings is 1. The second-order valence-corrected chi connectivity index (χ2v) is 8.86. The highest BCUT2D eigenvalue weighted by Crippen LogP contribution is 2.21. The fraction of sp³-hybridized carbons (Fsp3) is 0.533. The van der Waals surface area contributed by atoms with Gasteiger partial charge in [0.2, 0.25) is 5.91 Å². The van der Waals surface area contributed by atoms with Crippen LogP contribution in [-0.4, -0.2) is 38.8 Å². The van der Waals surface area contributed by atoms with Crippen LogP contribution in [0, 0.1) is 0 Å². The van der Waals surface area contributed by atoms with Gasteiger partial charge in [0.1, 0.15) is 6.04 Å². The molecule has 1 aromatic carbocycles. The number of methoxy groups -OCH3 is 1. The van der Waals surface area contributed by atoms with Crippen LogP contribution in [-0.2, 0) is 25.1 Å². The Balaban J connectivity index is 0.00000484. The molecule has 0 saturated carbocycles. The molecule has 0 heterocycles. The molecular weight excluding hydrogens is 340 g/mol. The van der Waals surface area contributed by atoms with Crippen molar-refractivity contribution in [1.29, 1.82) is 0 Å². The van der Waals surface area contributed by atoms with Crippen LogP contribution in [0.4, 0.5) is 5.69 Å². The number of ether oxygens (including phenoxy) is 1. The lowest BCUT2D eigenvalue weighted by Gasteiger charge is -2.19. The molecule has 0 saturated heterocycles. The largest absolute Gasteiger partial charge is 0.383 e. The van der Waals surface area contributed by atoms with Gasteiger partial charge in [0.05, 0.1) is 17.1 Å². The number of nitrogens with two attached hydrogens (primary N) is 1. The van der Waals surface area contributed by atoms with Crippen LogP contribution in [0.15, 0.2) is 24.3 Å². The average molecular weight is 365 g/mol. The standard InChI is InChI=1S/C15H24N2O4S.ClH/c1-15(2,3)22(19,20)10-11-5-7-12(8-6-11)17-14(18)13(16)9-21-4;/h5-8,13H,9-10,16H2,1-4H3,(H,17,18);1H. The van der Waals surface area contributed by atoms with Gasteiger partial charge in [-0.2, -0.15) is 0 Å². The maximum atomic E-state index is 12.1. The minimum absolute atomic E-state index is 0. The third-order valence-corrected chi connectivity index (χ3v) is 5.77. The number of amides is 1. The van der Waals surface area contributed by atoms with Crippen LogP contribution in [0.3, 0.4) is 0 Å². The molecule has 23 heavy (non-hydrogen) atoms. The molecule has 0 aliphatic rings. The number of anilines is 1. The van der Waals surface area contributed by atoms with Crippen LogP contribution in [0.5, 0.6) is 0 Å². The van der Waals surface area contributed by atoms with Crippen LogP contribution in [0.2, 0.25) is 0 Å². The molecule has 1 rings (SSSR count). The molecule has 0 fully saturated rings. The lowest BCUT2D eigenvalue weighted by molar-refractivity contribution is -0.118. The average Bonchev–Trinajstić information content (AvgIpc) is 2.39. The fourth-order valence-corrected chi connectivity index (χ4v) is 2.67. The Hall–Kier alpha value is -1.15. The number of carbonyl (C=O) groups is 1. The summed E-state index contributed by atoms with van der Waals surface area (Å²) >= 11 is 0. The molecular formula is C15H25ClN2O4S. The normalized spacial score (nSPS) is 13.1. The first-order valence-corrected chi connectivity index (χ1v) is 8.58. The minimum Gasteiger partial charge on any atom is -0.383 e. The summed E-state index contributed by atoms with van der Waals surface area (Å²) in [5, 5.41) is 2.65. The van der Waals surface area contributed by atoms with E-state index in [-0.39, 0.29) is 30.7 Å². The first-order chi connectivity index (χ1) is 10.1. The summed E-state index contributed by atoms with van der Waals surface area (Å²) in [6.07, 6.45) is 0. The molecule has 0 bridgehead atoms. The second-order valence-electron chi connectivity index (χ2n) is 6.12.